The Morgan fingerprint density at radius 3 is 1.69 bits per heavy atom. The molecule has 1 heteroatoms. The molecule has 0 N–H and O–H groups in total. The van der Waals surface area contributed by atoms with E-state index >= 15 is 0 Å². The van der Waals surface area contributed by atoms with Crippen LogP contribution in [0.4, 0.5) is 11.4 Å². The average molecular weight is 702 g/mol. The SMILES string of the molecule is CC12CCC1(C)N(c1ccccc1)c1ccc(-c3cc(-c4cccc5ccccc45)c4ccc5ccc(-c6cccc7ccccc67)c6ccc3c4c56)cc12. The monoisotopic (exact) mass is 701 g/mol. The summed E-state index contributed by atoms with van der Waals surface area (Å²) in [6.45, 7) is 4.98. The van der Waals surface area contributed by atoms with Gasteiger partial charge in [-0.05, 0) is 143 Å². The lowest BCUT2D eigenvalue weighted by Crippen LogP contribution is -2.60. The first-order valence-electron chi connectivity index (χ1n) is 19.7. The van der Waals surface area contributed by atoms with Crippen LogP contribution in [0.5, 0.6) is 0 Å². The molecule has 260 valence electrons. The summed E-state index contributed by atoms with van der Waals surface area (Å²) in [4.78, 5) is 2.63. The topological polar surface area (TPSA) is 3.24 Å². The minimum absolute atomic E-state index is 0.0457. The van der Waals surface area contributed by atoms with E-state index in [1.54, 1.807) is 0 Å². The van der Waals surface area contributed by atoms with Gasteiger partial charge in [0.15, 0.2) is 0 Å². The lowest BCUT2D eigenvalue weighted by molar-refractivity contribution is 0.133. The van der Waals surface area contributed by atoms with E-state index in [1.807, 2.05) is 0 Å². The molecular weight excluding hydrogens is 663 g/mol. The fourth-order valence-corrected chi connectivity index (χ4v) is 10.8. The molecular formula is C54H39N. The van der Waals surface area contributed by atoms with Gasteiger partial charge < -0.3 is 4.90 Å². The normalized spacial score (nSPS) is 19.1. The summed E-state index contributed by atoms with van der Waals surface area (Å²) in [7, 11) is 0. The Morgan fingerprint density at radius 2 is 0.982 bits per heavy atom. The lowest BCUT2D eigenvalue weighted by Gasteiger charge is -2.56. The Morgan fingerprint density at radius 1 is 0.400 bits per heavy atom. The maximum atomic E-state index is 2.63. The van der Waals surface area contributed by atoms with E-state index < -0.39 is 0 Å². The van der Waals surface area contributed by atoms with Crippen LogP contribution in [-0.4, -0.2) is 5.54 Å². The fourth-order valence-electron chi connectivity index (χ4n) is 10.8. The fraction of sp³-hybridized carbons (Fsp3) is 0.111. The van der Waals surface area contributed by atoms with Gasteiger partial charge in [-0.2, -0.15) is 0 Å². The second-order valence-electron chi connectivity index (χ2n) is 16.4. The second-order valence-corrected chi connectivity index (χ2v) is 16.4. The highest BCUT2D eigenvalue weighted by atomic mass is 15.3. The number of fused-ring (bicyclic) bond motifs is 5. The van der Waals surface area contributed by atoms with E-state index in [4.69, 9.17) is 0 Å². The summed E-state index contributed by atoms with van der Waals surface area (Å²) in [6.07, 6.45) is 2.38. The van der Waals surface area contributed by atoms with Crippen molar-refractivity contribution in [2.45, 2.75) is 37.6 Å². The molecule has 2 aliphatic rings. The summed E-state index contributed by atoms with van der Waals surface area (Å²) < 4.78 is 0. The van der Waals surface area contributed by atoms with E-state index in [9.17, 15) is 0 Å². The van der Waals surface area contributed by atoms with Crippen molar-refractivity contribution >= 4 is 65.2 Å². The molecule has 0 amide bonds. The van der Waals surface area contributed by atoms with Crippen molar-refractivity contribution in [1.82, 2.24) is 0 Å². The van der Waals surface area contributed by atoms with Gasteiger partial charge in [-0.15, -0.1) is 0 Å². The van der Waals surface area contributed by atoms with Crippen molar-refractivity contribution in [3.63, 3.8) is 0 Å². The Balaban J connectivity index is 1.17. The molecule has 2 unspecified atom stereocenters. The number of anilines is 2. The predicted octanol–water partition coefficient (Wildman–Crippen LogP) is 14.9. The van der Waals surface area contributed by atoms with E-state index in [0.29, 0.717) is 0 Å². The molecule has 1 fully saturated rings. The van der Waals surface area contributed by atoms with Gasteiger partial charge in [-0.1, -0.05) is 153 Å². The number of para-hydroxylation sites is 1. The van der Waals surface area contributed by atoms with Gasteiger partial charge in [0.2, 0.25) is 0 Å². The van der Waals surface area contributed by atoms with Crippen molar-refractivity contribution in [3.8, 4) is 33.4 Å². The summed E-state index contributed by atoms with van der Waals surface area (Å²) in [5, 5.41) is 13.0. The molecule has 10 aromatic rings. The van der Waals surface area contributed by atoms with E-state index in [2.05, 4.69) is 195 Å². The Hall–Kier alpha value is -6.44. The predicted molar refractivity (Wildman–Crippen MR) is 235 cm³/mol. The van der Waals surface area contributed by atoms with Crippen LogP contribution < -0.4 is 4.90 Å². The van der Waals surface area contributed by atoms with E-state index in [1.165, 1.54) is 117 Å². The van der Waals surface area contributed by atoms with Gasteiger partial charge in [0.1, 0.15) is 0 Å². The molecule has 0 spiro atoms. The molecule has 10 aromatic carbocycles. The lowest BCUT2D eigenvalue weighted by atomic mass is 9.55. The van der Waals surface area contributed by atoms with Crippen LogP contribution in [0.2, 0.25) is 0 Å². The van der Waals surface area contributed by atoms with Crippen molar-refractivity contribution in [3.05, 3.63) is 181 Å². The maximum absolute atomic E-state index is 2.63. The Bertz CT molecular complexity index is 3180. The Labute approximate surface area is 321 Å². The third-order valence-electron chi connectivity index (χ3n) is 13.9. The standard InChI is InChI=1S/C54H39N/c1-53-30-31-54(53,2)55(38-16-4-3-5-17-38)50-29-24-37(32-49(50)53)47-33-48(42-21-11-15-35-13-7-9-19-40(35)42)46-26-23-36-22-25-43(44-27-28-45(47)52(46)51(36)44)41-20-10-14-34-12-6-8-18-39(34)41/h3-29,32-33H,30-31H2,1-2H3. The van der Waals surface area contributed by atoms with Crippen LogP contribution in [0.15, 0.2) is 176 Å². The molecule has 1 aliphatic carbocycles. The van der Waals surface area contributed by atoms with Crippen LogP contribution in [0.1, 0.15) is 32.3 Å². The smallest absolute Gasteiger partial charge is 0.0518 e. The number of benzene rings is 10. The first-order valence-corrected chi connectivity index (χ1v) is 19.7. The Kier molecular flexibility index (Phi) is 6.23. The number of rotatable bonds is 4. The van der Waals surface area contributed by atoms with Gasteiger partial charge >= 0.3 is 0 Å². The van der Waals surface area contributed by atoms with Crippen LogP contribution in [0.25, 0.3) is 87.2 Å². The van der Waals surface area contributed by atoms with Gasteiger partial charge in [0.05, 0.1) is 5.54 Å². The molecule has 1 nitrogen and oxygen atoms in total. The molecule has 1 aliphatic heterocycles. The van der Waals surface area contributed by atoms with E-state index in [0.717, 1.165) is 0 Å². The highest BCUT2D eigenvalue weighted by molar-refractivity contribution is 6.31. The highest BCUT2D eigenvalue weighted by Gasteiger charge is 2.63. The maximum Gasteiger partial charge on any atom is 0.0518 e. The first kappa shape index (κ1) is 31.0. The van der Waals surface area contributed by atoms with Gasteiger partial charge in [-0.25, -0.2) is 0 Å². The second kappa shape index (κ2) is 11.1. The molecule has 2 atom stereocenters. The summed E-state index contributed by atoms with van der Waals surface area (Å²) in [5.41, 5.74) is 11.9. The molecule has 1 heterocycles. The minimum Gasteiger partial charge on any atom is -0.334 e. The molecule has 0 bridgehead atoms. The number of nitrogens with zero attached hydrogens (tertiary/aromatic N) is 1. The van der Waals surface area contributed by atoms with Gasteiger partial charge in [0.25, 0.3) is 0 Å². The summed E-state index contributed by atoms with van der Waals surface area (Å²) in [5.74, 6) is 0. The number of hydrogen-bond acceptors (Lipinski definition) is 1. The van der Waals surface area contributed by atoms with Crippen LogP contribution in [0.3, 0.4) is 0 Å². The average Bonchev–Trinajstić information content (AvgIpc) is 3.37. The van der Waals surface area contributed by atoms with Crippen molar-refractivity contribution in [2.24, 2.45) is 0 Å². The quantitative estimate of drug-likeness (QED) is 0.165. The van der Waals surface area contributed by atoms with Crippen molar-refractivity contribution < 1.29 is 0 Å². The minimum atomic E-state index is 0.0457. The molecule has 0 radical (unpaired) electrons. The summed E-state index contributed by atoms with van der Waals surface area (Å²) >= 11 is 0. The highest BCUT2D eigenvalue weighted by Crippen LogP contribution is 2.65. The third-order valence-corrected chi connectivity index (χ3v) is 13.9. The first-order chi connectivity index (χ1) is 27.0. The molecule has 1 saturated carbocycles. The van der Waals surface area contributed by atoms with Crippen molar-refractivity contribution in [1.29, 1.82) is 0 Å². The summed E-state index contributed by atoms with van der Waals surface area (Å²) in [6, 6.07) is 66.2. The van der Waals surface area contributed by atoms with Gasteiger partial charge in [0, 0.05) is 16.8 Å². The number of hydrogen-bond donors (Lipinski definition) is 0. The molecule has 55 heavy (non-hydrogen) atoms. The van der Waals surface area contributed by atoms with Crippen LogP contribution >= 0.6 is 0 Å². The zero-order valence-electron chi connectivity index (χ0n) is 31.1. The third kappa shape index (κ3) is 4.08. The van der Waals surface area contributed by atoms with Gasteiger partial charge in [-0.3, -0.25) is 0 Å². The molecule has 12 rings (SSSR count). The zero-order chi connectivity index (χ0) is 36.5. The molecule has 0 aromatic heterocycles. The van der Waals surface area contributed by atoms with E-state index in [-0.39, 0.29) is 11.0 Å². The van der Waals surface area contributed by atoms with Crippen LogP contribution in [0, 0.1) is 0 Å². The van der Waals surface area contributed by atoms with Crippen LogP contribution in [-0.2, 0) is 5.41 Å². The zero-order valence-corrected chi connectivity index (χ0v) is 31.1. The van der Waals surface area contributed by atoms with Crippen molar-refractivity contribution in [2.75, 3.05) is 4.90 Å². The molecule has 0 saturated heterocycles. The largest absolute Gasteiger partial charge is 0.334 e.